The van der Waals surface area contributed by atoms with Gasteiger partial charge in [-0.1, -0.05) is 0 Å². The fourth-order valence-corrected chi connectivity index (χ4v) is 3.79. The molecule has 1 unspecified atom stereocenters. The zero-order valence-electron chi connectivity index (χ0n) is 11.1. The van der Waals surface area contributed by atoms with Crippen LogP contribution in [0.3, 0.4) is 0 Å². The van der Waals surface area contributed by atoms with Crippen LogP contribution in [0, 0.1) is 0 Å². The van der Waals surface area contributed by atoms with Gasteiger partial charge in [0.2, 0.25) is 0 Å². The fraction of sp³-hybridized carbons (Fsp3) is 0.643. The first-order chi connectivity index (χ1) is 8.59. The van der Waals surface area contributed by atoms with E-state index in [1.54, 1.807) is 0 Å². The number of nitrogens with zero attached hydrogens (tertiary/aromatic N) is 1. The summed E-state index contributed by atoms with van der Waals surface area (Å²) in [7, 11) is 0. The summed E-state index contributed by atoms with van der Waals surface area (Å²) in [6.45, 7) is 4.96. The summed E-state index contributed by atoms with van der Waals surface area (Å²) >= 11 is 1.84. The Labute approximate surface area is 112 Å². The summed E-state index contributed by atoms with van der Waals surface area (Å²) in [5, 5.41) is 11.0. The number of rotatable bonds is 5. The van der Waals surface area contributed by atoms with Crippen molar-refractivity contribution in [2.45, 2.75) is 51.6 Å². The molecular weight excluding hydrogens is 246 g/mol. The number of hydrogen-bond donors (Lipinski definition) is 1. The van der Waals surface area contributed by atoms with E-state index < -0.39 is 5.97 Å². The number of thiophene rings is 1. The molecule has 1 aliphatic carbocycles. The van der Waals surface area contributed by atoms with Gasteiger partial charge in [0.05, 0.1) is 6.42 Å². The van der Waals surface area contributed by atoms with Gasteiger partial charge in [0, 0.05) is 23.5 Å². The van der Waals surface area contributed by atoms with Crippen molar-refractivity contribution in [2.24, 2.45) is 0 Å². The number of carboxylic acids is 1. The Morgan fingerprint density at radius 3 is 3.06 bits per heavy atom. The molecule has 0 amide bonds. The average molecular weight is 267 g/mol. The highest BCUT2D eigenvalue weighted by Crippen LogP contribution is 2.38. The largest absolute Gasteiger partial charge is 0.481 e. The molecule has 0 aliphatic heterocycles. The van der Waals surface area contributed by atoms with Gasteiger partial charge in [0.15, 0.2) is 0 Å². The number of hydrogen-bond acceptors (Lipinski definition) is 3. The van der Waals surface area contributed by atoms with E-state index in [2.05, 4.69) is 30.2 Å². The van der Waals surface area contributed by atoms with Gasteiger partial charge >= 0.3 is 5.97 Å². The zero-order chi connectivity index (χ0) is 13.1. The minimum atomic E-state index is -0.706. The maximum Gasteiger partial charge on any atom is 0.304 e. The smallest absolute Gasteiger partial charge is 0.304 e. The van der Waals surface area contributed by atoms with Crippen molar-refractivity contribution in [2.75, 3.05) is 6.54 Å². The average Bonchev–Trinajstić information content (AvgIpc) is 2.77. The zero-order valence-corrected chi connectivity index (χ0v) is 11.9. The van der Waals surface area contributed by atoms with Gasteiger partial charge in [-0.3, -0.25) is 9.69 Å². The van der Waals surface area contributed by atoms with Crippen molar-refractivity contribution in [3.8, 4) is 0 Å². The number of aliphatic carboxylic acids is 1. The quantitative estimate of drug-likeness (QED) is 0.889. The van der Waals surface area contributed by atoms with Crippen LogP contribution in [0.1, 0.15) is 49.6 Å². The van der Waals surface area contributed by atoms with Crippen LogP contribution in [0.15, 0.2) is 11.4 Å². The van der Waals surface area contributed by atoms with E-state index in [0.29, 0.717) is 18.6 Å². The third-order valence-corrected chi connectivity index (χ3v) is 4.66. The van der Waals surface area contributed by atoms with Gasteiger partial charge in [-0.15, -0.1) is 11.3 Å². The minimum Gasteiger partial charge on any atom is -0.481 e. The Kier molecular flexibility index (Phi) is 4.40. The van der Waals surface area contributed by atoms with Gasteiger partial charge in [0.25, 0.3) is 0 Å². The van der Waals surface area contributed by atoms with Gasteiger partial charge in [-0.05, 0) is 50.1 Å². The van der Waals surface area contributed by atoms with E-state index in [0.717, 1.165) is 6.42 Å². The third-order valence-electron chi connectivity index (χ3n) is 3.67. The maximum atomic E-state index is 10.8. The Bertz CT molecular complexity index is 414. The predicted molar refractivity (Wildman–Crippen MR) is 74.1 cm³/mol. The van der Waals surface area contributed by atoms with Crippen LogP contribution in [-0.2, 0) is 11.2 Å². The molecule has 0 saturated carbocycles. The molecule has 0 bridgehead atoms. The maximum absolute atomic E-state index is 10.8. The van der Waals surface area contributed by atoms with Crippen LogP contribution in [0.5, 0.6) is 0 Å². The molecule has 1 aliphatic rings. The van der Waals surface area contributed by atoms with E-state index in [4.69, 9.17) is 5.11 Å². The minimum absolute atomic E-state index is 0.230. The molecule has 1 aromatic rings. The van der Waals surface area contributed by atoms with Gasteiger partial charge in [0.1, 0.15) is 0 Å². The Morgan fingerprint density at radius 1 is 1.61 bits per heavy atom. The molecule has 1 aromatic heterocycles. The molecule has 0 saturated heterocycles. The Balaban J connectivity index is 2.15. The summed E-state index contributed by atoms with van der Waals surface area (Å²) in [6, 6.07) is 3.03. The van der Waals surface area contributed by atoms with Crippen molar-refractivity contribution in [1.82, 2.24) is 4.90 Å². The van der Waals surface area contributed by atoms with Crippen molar-refractivity contribution in [3.63, 3.8) is 0 Å². The molecule has 0 fully saturated rings. The first-order valence-corrected chi connectivity index (χ1v) is 7.51. The molecule has 18 heavy (non-hydrogen) atoms. The van der Waals surface area contributed by atoms with E-state index in [1.165, 1.54) is 23.3 Å². The fourth-order valence-electron chi connectivity index (χ4n) is 2.81. The van der Waals surface area contributed by atoms with Crippen molar-refractivity contribution in [3.05, 3.63) is 21.9 Å². The molecule has 0 radical (unpaired) electrons. The third kappa shape index (κ3) is 2.93. The highest BCUT2D eigenvalue weighted by Gasteiger charge is 2.28. The molecular formula is C14H21NO2S. The first-order valence-electron chi connectivity index (χ1n) is 6.63. The van der Waals surface area contributed by atoms with E-state index in [9.17, 15) is 4.79 Å². The molecule has 3 nitrogen and oxygen atoms in total. The lowest BCUT2D eigenvalue weighted by atomic mass is 9.92. The summed E-state index contributed by atoms with van der Waals surface area (Å²) in [5.41, 5.74) is 1.44. The van der Waals surface area contributed by atoms with Crippen LogP contribution < -0.4 is 0 Å². The molecule has 1 heterocycles. The van der Waals surface area contributed by atoms with Crippen LogP contribution in [0.25, 0.3) is 0 Å². The highest BCUT2D eigenvalue weighted by atomic mass is 32.1. The van der Waals surface area contributed by atoms with Gasteiger partial charge in [-0.2, -0.15) is 0 Å². The SMILES string of the molecule is CC(C)N(CCC(=O)O)C1CCCc2sccc21. The summed E-state index contributed by atoms with van der Waals surface area (Å²) in [5.74, 6) is -0.706. The molecule has 0 spiro atoms. The van der Waals surface area contributed by atoms with Crippen molar-refractivity contribution < 1.29 is 9.90 Å². The molecule has 2 rings (SSSR count). The topological polar surface area (TPSA) is 40.5 Å². The molecule has 1 atom stereocenters. The van der Waals surface area contributed by atoms with Gasteiger partial charge in [-0.25, -0.2) is 0 Å². The van der Waals surface area contributed by atoms with Crippen LogP contribution >= 0.6 is 11.3 Å². The Hall–Kier alpha value is -0.870. The second kappa shape index (κ2) is 5.85. The summed E-state index contributed by atoms with van der Waals surface area (Å²) in [6.07, 6.45) is 3.79. The van der Waals surface area contributed by atoms with Crippen LogP contribution in [0.4, 0.5) is 0 Å². The predicted octanol–water partition coefficient (Wildman–Crippen LogP) is 3.31. The highest BCUT2D eigenvalue weighted by molar-refractivity contribution is 7.10. The second-order valence-corrected chi connectivity index (χ2v) is 6.18. The molecule has 1 N–H and O–H groups in total. The van der Waals surface area contributed by atoms with Crippen LogP contribution in [-0.4, -0.2) is 28.6 Å². The second-order valence-electron chi connectivity index (χ2n) is 5.18. The van der Waals surface area contributed by atoms with Crippen molar-refractivity contribution in [1.29, 1.82) is 0 Å². The normalized spacial score (nSPS) is 19.2. The number of carbonyl (C=O) groups is 1. The number of carboxylic acid groups (broad SMARTS) is 1. The van der Waals surface area contributed by atoms with E-state index in [-0.39, 0.29) is 6.42 Å². The lowest BCUT2D eigenvalue weighted by Gasteiger charge is -2.37. The standard InChI is InChI=1S/C14H21NO2S/c1-10(2)15(8-6-14(16)17)12-4-3-5-13-11(12)7-9-18-13/h7,9-10,12H,3-6,8H2,1-2H3,(H,16,17). The number of fused-ring (bicyclic) bond motifs is 1. The van der Waals surface area contributed by atoms with E-state index in [1.807, 2.05) is 11.3 Å². The lowest BCUT2D eigenvalue weighted by Crippen LogP contribution is -2.37. The first kappa shape index (κ1) is 13.6. The Morgan fingerprint density at radius 2 is 2.39 bits per heavy atom. The molecule has 4 heteroatoms. The van der Waals surface area contributed by atoms with Crippen LogP contribution in [0.2, 0.25) is 0 Å². The van der Waals surface area contributed by atoms with E-state index >= 15 is 0 Å². The summed E-state index contributed by atoms with van der Waals surface area (Å²) < 4.78 is 0. The van der Waals surface area contributed by atoms with Gasteiger partial charge < -0.3 is 5.11 Å². The monoisotopic (exact) mass is 267 g/mol. The molecule has 0 aromatic carbocycles. The molecule has 100 valence electrons. The number of aryl methyl sites for hydroxylation is 1. The van der Waals surface area contributed by atoms with Crippen molar-refractivity contribution >= 4 is 17.3 Å². The lowest BCUT2D eigenvalue weighted by molar-refractivity contribution is -0.137. The summed E-state index contributed by atoms with van der Waals surface area (Å²) in [4.78, 5) is 14.6.